The first-order valence-electron chi connectivity index (χ1n) is 10.7. The molecule has 0 bridgehead atoms. The molecule has 164 valence electrons. The van der Waals surface area contributed by atoms with Gasteiger partial charge in [0.25, 0.3) is 0 Å². The molecule has 1 atom stereocenters. The number of hydrogen-bond donors (Lipinski definition) is 3. The molecule has 2 aliphatic rings. The Balaban J connectivity index is 1.53. The van der Waals surface area contributed by atoms with Gasteiger partial charge < -0.3 is 29.6 Å². The highest BCUT2D eigenvalue weighted by Gasteiger charge is 2.37. The SMILES string of the molecule is CCOC(=O)C1=C(C[NH+]2CCN(c3ccccc3C)CC2)NC(=O)N[C@@H]1c1ccco1. The Morgan fingerprint density at radius 1 is 1.23 bits per heavy atom. The first-order chi connectivity index (χ1) is 15.1. The zero-order valence-corrected chi connectivity index (χ0v) is 17.9. The second-order valence-corrected chi connectivity index (χ2v) is 7.86. The lowest BCUT2D eigenvalue weighted by molar-refractivity contribution is -0.896. The zero-order chi connectivity index (χ0) is 21.8. The van der Waals surface area contributed by atoms with Gasteiger partial charge in [0, 0.05) is 5.69 Å². The van der Waals surface area contributed by atoms with E-state index in [1.807, 2.05) is 0 Å². The molecule has 3 heterocycles. The van der Waals surface area contributed by atoms with Gasteiger partial charge in [-0.15, -0.1) is 0 Å². The van der Waals surface area contributed by atoms with Gasteiger partial charge in [-0.2, -0.15) is 0 Å². The number of anilines is 1. The highest BCUT2D eigenvalue weighted by molar-refractivity contribution is 5.95. The number of nitrogens with one attached hydrogen (secondary N) is 3. The lowest BCUT2D eigenvalue weighted by Crippen LogP contribution is -3.15. The summed E-state index contributed by atoms with van der Waals surface area (Å²) < 4.78 is 10.8. The number of carbonyl (C=O) groups is 2. The number of nitrogens with zero attached hydrogens (tertiary/aromatic N) is 1. The topological polar surface area (TPSA) is 88.2 Å². The summed E-state index contributed by atoms with van der Waals surface area (Å²) in [7, 11) is 0. The van der Waals surface area contributed by atoms with Crippen LogP contribution in [-0.4, -0.2) is 51.3 Å². The quantitative estimate of drug-likeness (QED) is 0.605. The van der Waals surface area contributed by atoms with Gasteiger partial charge in [0.15, 0.2) is 0 Å². The van der Waals surface area contributed by atoms with Crippen molar-refractivity contribution >= 4 is 17.7 Å². The summed E-state index contributed by atoms with van der Waals surface area (Å²) in [6, 6.07) is 10.9. The average molecular weight is 426 g/mol. The van der Waals surface area contributed by atoms with Gasteiger partial charge in [-0.05, 0) is 37.6 Å². The van der Waals surface area contributed by atoms with E-state index in [9.17, 15) is 9.59 Å². The van der Waals surface area contributed by atoms with Crippen molar-refractivity contribution in [1.29, 1.82) is 0 Å². The van der Waals surface area contributed by atoms with Crippen LogP contribution in [0, 0.1) is 6.92 Å². The van der Waals surface area contributed by atoms with Crippen LogP contribution in [0.15, 0.2) is 58.3 Å². The van der Waals surface area contributed by atoms with E-state index in [0.29, 0.717) is 23.6 Å². The van der Waals surface area contributed by atoms with E-state index in [1.54, 1.807) is 19.1 Å². The number of piperazine rings is 1. The first kappa shape index (κ1) is 21.0. The van der Waals surface area contributed by atoms with E-state index in [0.717, 1.165) is 26.2 Å². The summed E-state index contributed by atoms with van der Waals surface area (Å²) in [4.78, 5) is 28.9. The number of urea groups is 1. The summed E-state index contributed by atoms with van der Waals surface area (Å²) in [5, 5.41) is 5.64. The third-order valence-electron chi connectivity index (χ3n) is 5.83. The Labute approximate surface area is 181 Å². The summed E-state index contributed by atoms with van der Waals surface area (Å²) in [5.74, 6) is 0.0686. The number of aryl methyl sites for hydroxylation is 1. The van der Waals surface area contributed by atoms with Crippen LogP contribution >= 0.6 is 0 Å². The lowest BCUT2D eigenvalue weighted by atomic mass is 9.99. The molecule has 0 saturated carbocycles. The standard InChI is InChI=1S/C23H28N4O4/c1-3-30-22(28)20-17(24-23(29)25-21(20)19-9-6-14-31-19)15-26-10-12-27(13-11-26)18-8-5-4-7-16(18)2/h4-9,14,21H,3,10-13,15H2,1-2H3,(H2,24,25,29)/p+1/t21-/m1/s1. The minimum atomic E-state index is -0.662. The number of amides is 2. The molecular weight excluding hydrogens is 396 g/mol. The maximum atomic E-state index is 12.8. The summed E-state index contributed by atoms with van der Waals surface area (Å²) in [6.45, 7) is 8.34. The van der Waals surface area contributed by atoms with E-state index < -0.39 is 12.0 Å². The third kappa shape index (κ3) is 4.59. The normalized spacial score (nSPS) is 19.7. The molecular formula is C23H29N4O4+. The molecule has 1 fully saturated rings. The van der Waals surface area contributed by atoms with Crippen LogP contribution in [0.4, 0.5) is 10.5 Å². The fourth-order valence-corrected chi connectivity index (χ4v) is 4.29. The van der Waals surface area contributed by atoms with Gasteiger partial charge in [0.1, 0.15) is 18.3 Å². The molecule has 1 aromatic carbocycles. The minimum absolute atomic E-state index is 0.260. The molecule has 0 spiro atoms. The molecule has 4 rings (SSSR count). The number of ether oxygens (including phenoxy) is 1. The number of rotatable bonds is 6. The molecule has 0 aliphatic carbocycles. The Hall–Kier alpha value is -3.26. The molecule has 2 aromatic rings. The molecule has 1 aromatic heterocycles. The van der Waals surface area contributed by atoms with Crippen molar-refractivity contribution < 1.29 is 23.6 Å². The Kier molecular flexibility index (Phi) is 6.27. The third-order valence-corrected chi connectivity index (χ3v) is 5.83. The average Bonchev–Trinajstić information content (AvgIpc) is 3.29. The summed E-state index contributed by atoms with van der Waals surface area (Å²) in [6.07, 6.45) is 1.53. The van der Waals surface area contributed by atoms with Gasteiger partial charge in [-0.25, -0.2) is 9.59 Å². The van der Waals surface area contributed by atoms with E-state index in [2.05, 4.69) is 46.7 Å². The van der Waals surface area contributed by atoms with Crippen molar-refractivity contribution in [2.75, 3.05) is 44.2 Å². The van der Waals surface area contributed by atoms with E-state index in [1.165, 1.54) is 22.4 Å². The lowest BCUT2D eigenvalue weighted by Gasteiger charge is -2.36. The monoisotopic (exact) mass is 425 g/mol. The van der Waals surface area contributed by atoms with Crippen molar-refractivity contribution in [3.63, 3.8) is 0 Å². The minimum Gasteiger partial charge on any atom is -0.467 e. The van der Waals surface area contributed by atoms with Crippen LogP contribution < -0.4 is 20.4 Å². The predicted octanol–water partition coefficient (Wildman–Crippen LogP) is 1.16. The summed E-state index contributed by atoms with van der Waals surface area (Å²) >= 11 is 0. The molecule has 2 amide bonds. The van der Waals surface area contributed by atoms with Gasteiger partial charge in [0.05, 0.1) is 50.3 Å². The number of carbonyl (C=O) groups excluding carboxylic acids is 2. The predicted molar refractivity (Wildman–Crippen MR) is 116 cm³/mol. The maximum absolute atomic E-state index is 12.8. The van der Waals surface area contributed by atoms with Crippen LogP contribution in [0.3, 0.4) is 0 Å². The van der Waals surface area contributed by atoms with Crippen molar-refractivity contribution in [3.8, 4) is 0 Å². The number of furan rings is 1. The molecule has 2 aliphatic heterocycles. The number of benzene rings is 1. The highest BCUT2D eigenvalue weighted by atomic mass is 16.5. The van der Waals surface area contributed by atoms with Crippen LogP contribution in [-0.2, 0) is 9.53 Å². The largest absolute Gasteiger partial charge is 0.467 e. The number of esters is 1. The molecule has 3 N–H and O–H groups in total. The number of para-hydroxylation sites is 1. The summed E-state index contributed by atoms with van der Waals surface area (Å²) in [5.41, 5.74) is 3.54. The molecule has 1 saturated heterocycles. The van der Waals surface area contributed by atoms with Crippen LogP contribution in [0.2, 0.25) is 0 Å². The van der Waals surface area contributed by atoms with E-state index in [-0.39, 0.29) is 12.6 Å². The molecule has 8 nitrogen and oxygen atoms in total. The Bertz CT molecular complexity index is 962. The van der Waals surface area contributed by atoms with Crippen molar-refractivity contribution in [2.45, 2.75) is 19.9 Å². The van der Waals surface area contributed by atoms with Crippen molar-refractivity contribution in [1.82, 2.24) is 10.6 Å². The first-order valence-corrected chi connectivity index (χ1v) is 10.7. The maximum Gasteiger partial charge on any atom is 0.338 e. The van der Waals surface area contributed by atoms with Crippen LogP contribution in [0.25, 0.3) is 0 Å². The molecule has 0 radical (unpaired) electrons. The number of quaternary nitrogens is 1. The highest BCUT2D eigenvalue weighted by Crippen LogP contribution is 2.27. The zero-order valence-electron chi connectivity index (χ0n) is 17.9. The van der Waals surface area contributed by atoms with Crippen molar-refractivity contribution in [3.05, 3.63) is 65.3 Å². The second kappa shape index (κ2) is 9.26. The van der Waals surface area contributed by atoms with Gasteiger partial charge >= 0.3 is 12.0 Å². The van der Waals surface area contributed by atoms with Crippen molar-refractivity contribution in [2.24, 2.45) is 0 Å². The Morgan fingerprint density at radius 3 is 2.68 bits per heavy atom. The Morgan fingerprint density at radius 2 is 2.00 bits per heavy atom. The van der Waals surface area contributed by atoms with Gasteiger partial charge in [-0.1, -0.05) is 18.2 Å². The fraction of sp³-hybridized carbons (Fsp3) is 0.391. The smallest absolute Gasteiger partial charge is 0.338 e. The van der Waals surface area contributed by atoms with Gasteiger partial charge in [0.2, 0.25) is 0 Å². The fourth-order valence-electron chi connectivity index (χ4n) is 4.29. The molecule has 0 unspecified atom stereocenters. The molecule has 8 heteroatoms. The second-order valence-electron chi connectivity index (χ2n) is 7.86. The molecule has 31 heavy (non-hydrogen) atoms. The van der Waals surface area contributed by atoms with Crippen LogP contribution in [0.1, 0.15) is 24.3 Å². The van der Waals surface area contributed by atoms with Crippen LogP contribution in [0.5, 0.6) is 0 Å². The van der Waals surface area contributed by atoms with Gasteiger partial charge in [-0.3, -0.25) is 0 Å². The number of hydrogen-bond acceptors (Lipinski definition) is 5. The van der Waals surface area contributed by atoms with E-state index in [4.69, 9.17) is 9.15 Å². The van der Waals surface area contributed by atoms with E-state index >= 15 is 0 Å².